The van der Waals surface area contributed by atoms with E-state index in [0.717, 1.165) is 4.68 Å². The molecule has 0 saturated carbocycles. The molecule has 2 heterocycles. The molecule has 0 saturated heterocycles. The van der Waals surface area contributed by atoms with Crippen LogP contribution in [0.25, 0.3) is 5.95 Å². The Bertz CT molecular complexity index is 1540. The first-order chi connectivity index (χ1) is 18.8. The lowest BCUT2D eigenvalue weighted by Crippen LogP contribution is -2.18. The molecule has 39 heavy (non-hydrogen) atoms. The topological polar surface area (TPSA) is 183 Å². The maximum absolute atomic E-state index is 12.8. The average Bonchev–Trinajstić information content (AvgIpc) is 3.31. The number of amidine groups is 1. The molecule has 4 aromatic rings. The molecule has 0 aliphatic heterocycles. The molecule has 202 valence electrons. The molecule has 0 fully saturated rings. The fourth-order valence-electron chi connectivity index (χ4n) is 3.69. The first-order valence-electron chi connectivity index (χ1n) is 11.6. The highest BCUT2D eigenvalue weighted by Crippen LogP contribution is 2.34. The van der Waals surface area contributed by atoms with E-state index in [0.29, 0.717) is 17.0 Å². The summed E-state index contributed by atoms with van der Waals surface area (Å²) in [5.41, 5.74) is 6.27. The highest BCUT2D eigenvalue weighted by molar-refractivity contribution is 5.98. The summed E-state index contributed by atoms with van der Waals surface area (Å²) in [6.07, 6.45) is 2.95. The smallest absolute Gasteiger partial charge is 0.350 e. The number of nitrogens with one attached hydrogen (secondary N) is 3. The number of nitrogen functional groups attached to an aromatic ring is 1. The number of nitrogens with zero attached hydrogens (tertiary/aromatic N) is 4. The second-order valence-corrected chi connectivity index (χ2v) is 8.02. The number of esters is 1. The van der Waals surface area contributed by atoms with Crippen molar-refractivity contribution in [3.05, 3.63) is 82.3 Å². The Morgan fingerprint density at radius 1 is 1.18 bits per heavy atom. The van der Waals surface area contributed by atoms with Gasteiger partial charge in [-0.3, -0.25) is 15.2 Å². The Hall–Kier alpha value is -5.27. The van der Waals surface area contributed by atoms with Crippen molar-refractivity contribution in [3.63, 3.8) is 0 Å². The number of H-pyrrole nitrogens is 1. The van der Waals surface area contributed by atoms with E-state index < -0.39 is 24.4 Å². The van der Waals surface area contributed by atoms with Crippen molar-refractivity contribution in [1.82, 2.24) is 24.7 Å². The van der Waals surface area contributed by atoms with Gasteiger partial charge in [-0.1, -0.05) is 6.07 Å². The van der Waals surface area contributed by atoms with Gasteiger partial charge in [0.25, 0.3) is 5.95 Å². The van der Waals surface area contributed by atoms with Gasteiger partial charge in [-0.05, 0) is 35.9 Å². The third-order valence-corrected chi connectivity index (χ3v) is 5.34. The van der Waals surface area contributed by atoms with Crippen molar-refractivity contribution in [2.75, 3.05) is 25.7 Å². The van der Waals surface area contributed by atoms with Gasteiger partial charge in [0, 0.05) is 31.1 Å². The Balaban J connectivity index is 1.82. The van der Waals surface area contributed by atoms with Crippen LogP contribution in [0.1, 0.15) is 29.9 Å². The van der Waals surface area contributed by atoms with Crippen LogP contribution in [0.5, 0.6) is 17.2 Å². The van der Waals surface area contributed by atoms with Crippen LogP contribution in [0.2, 0.25) is 0 Å². The van der Waals surface area contributed by atoms with Gasteiger partial charge < -0.3 is 25.3 Å². The molecule has 1 atom stereocenters. The van der Waals surface area contributed by atoms with Crippen molar-refractivity contribution in [2.24, 2.45) is 5.73 Å². The molecule has 0 aliphatic rings. The van der Waals surface area contributed by atoms with Crippen LogP contribution in [0.4, 0.5) is 10.1 Å². The van der Waals surface area contributed by atoms with Crippen LogP contribution in [0, 0.1) is 5.41 Å². The largest absolute Gasteiger partial charge is 0.493 e. The van der Waals surface area contributed by atoms with Crippen LogP contribution in [0.3, 0.4) is 0 Å². The molecular weight excluding hydrogens is 511 g/mol. The number of hydrogen-bond donors (Lipinski definition) is 4. The van der Waals surface area contributed by atoms with E-state index in [2.05, 4.69) is 25.4 Å². The number of nitrogens with two attached hydrogens (primary N) is 1. The number of carbonyl (C=O) groups excluding carboxylic acids is 1. The highest BCUT2D eigenvalue weighted by Gasteiger charge is 2.23. The van der Waals surface area contributed by atoms with Crippen LogP contribution in [0.15, 0.2) is 59.7 Å². The summed E-state index contributed by atoms with van der Waals surface area (Å²) in [4.78, 5) is 35.3. The molecule has 13 nitrogen and oxygen atoms in total. The number of rotatable bonds is 11. The quantitative estimate of drug-likeness (QED) is 0.0958. The molecule has 5 N–H and O–H groups in total. The molecule has 0 aliphatic carbocycles. The van der Waals surface area contributed by atoms with E-state index in [1.165, 1.54) is 38.6 Å². The number of aromatic amines is 1. The van der Waals surface area contributed by atoms with Crippen molar-refractivity contribution < 1.29 is 23.4 Å². The van der Waals surface area contributed by atoms with Crippen molar-refractivity contribution in [1.29, 1.82) is 5.41 Å². The summed E-state index contributed by atoms with van der Waals surface area (Å²) in [7, 11) is 1.46. The number of aromatic nitrogens is 5. The van der Waals surface area contributed by atoms with Gasteiger partial charge in [0.05, 0.1) is 12.7 Å². The molecule has 0 unspecified atom stereocenters. The van der Waals surface area contributed by atoms with E-state index in [4.69, 9.17) is 25.4 Å². The Morgan fingerprint density at radius 2 is 1.95 bits per heavy atom. The predicted octanol–water partition coefficient (Wildman–Crippen LogP) is 2.12. The second kappa shape index (κ2) is 11.9. The fourth-order valence-corrected chi connectivity index (χ4v) is 3.69. The van der Waals surface area contributed by atoms with Gasteiger partial charge in [-0.2, -0.15) is 0 Å². The average molecular weight is 537 g/mol. The van der Waals surface area contributed by atoms with E-state index in [9.17, 15) is 14.0 Å². The Morgan fingerprint density at radius 3 is 2.62 bits per heavy atom. The van der Waals surface area contributed by atoms with Crippen LogP contribution in [-0.4, -0.2) is 56.9 Å². The first-order valence-corrected chi connectivity index (χ1v) is 11.6. The zero-order valence-corrected chi connectivity index (χ0v) is 21.0. The minimum atomic E-state index is -0.811. The third kappa shape index (κ3) is 6.18. The molecule has 2 aromatic carbocycles. The number of hydrogen-bond acceptors (Lipinski definition) is 10. The number of methoxy groups -OCH3 is 1. The van der Waals surface area contributed by atoms with Gasteiger partial charge in [0.2, 0.25) is 0 Å². The normalized spacial score (nSPS) is 11.5. The van der Waals surface area contributed by atoms with Crippen molar-refractivity contribution in [2.45, 2.75) is 13.0 Å². The standard InChI is InChI=1S/C25H25FN8O5/c1-14(35)39-19-13-16(5-6-17(19)22(27)28)31-21(15-4-7-18(37-2)20(12-15)38-11-8-26)23-32-25(36)34(33-23)24-29-9-3-10-30-24/h3-7,9-10,12-13,21,31H,8,11H2,1-2H3,(H3,27,28)(H,32,33,36)/t21-/m0/s1. The Labute approximate surface area is 221 Å². The lowest BCUT2D eigenvalue weighted by atomic mass is 10.0. The molecule has 14 heteroatoms. The lowest BCUT2D eigenvalue weighted by molar-refractivity contribution is -0.131. The number of ether oxygens (including phenoxy) is 3. The minimum Gasteiger partial charge on any atom is -0.493 e. The predicted molar refractivity (Wildman–Crippen MR) is 138 cm³/mol. The Kier molecular flexibility index (Phi) is 8.14. The number of carbonyl (C=O) groups is 1. The minimum absolute atomic E-state index is 0.0633. The maximum Gasteiger partial charge on any atom is 0.350 e. The summed E-state index contributed by atoms with van der Waals surface area (Å²) < 4.78 is 30.0. The number of benzene rings is 2. The lowest BCUT2D eigenvalue weighted by Gasteiger charge is -2.21. The van der Waals surface area contributed by atoms with E-state index in [1.807, 2.05) is 0 Å². The molecule has 2 aromatic heterocycles. The summed E-state index contributed by atoms with van der Waals surface area (Å²) in [5.74, 6) is 0.0853. The van der Waals surface area contributed by atoms with Crippen LogP contribution >= 0.6 is 0 Å². The summed E-state index contributed by atoms with van der Waals surface area (Å²) in [6, 6.07) is 10.4. The van der Waals surface area contributed by atoms with Crippen LogP contribution in [-0.2, 0) is 4.79 Å². The van der Waals surface area contributed by atoms with Crippen molar-refractivity contribution >= 4 is 17.5 Å². The fraction of sp³-hybridized carbons (Fsp3) is 0.200. The molecule has 0 spiro atoms. The number of halogens is 1. The molecule has 0 amide bonds. The maximum atomic E-state index is 12.8. The highest BCUT2D eigenvalue weighted by atomic mass is 19.1. The first kappa shape index (κ1) is 26.8. The van der Waals surface area contributed by atoms with Gasteiger partial charge >= 0.3 is 11.7 Å². The summed E-state index contributed by atoms with van der Waals surface area (Å²) >= 11 is 0. The van der Waals surface area contributed by atoms with Gasteiger partial charge in [0.1, 0.15) is 30.9 Å². The molecular formula is C25H25FN8O5. The van der Waals surface area contributed by atoms with Gasteiger partial charge in [0.15, 0.2) is 17.3 Å². The number of anilines is 1. The zero-order valence-electron chi connectivity index (χ0n) is 21.0. The molecule has 4 rings (SSSR count). The second-order valence-electron chi connectivity index (χ2n) is 8.02. The number of alkyl halides is 1. The van der Waals surface area contributed by atoms with E-state index in [1.54, 1.807) is 30.3 Å². The molecule has 0 bridgehead atoms. The van der Waals surface area contributed by atoms with Gasteiger partial charge in [-0.25, -0.2) is 19.2 Å². The van der Waals surface area contributed by atoms with E-state index >= 15 is 0 Å². The van der Waals surface area contributed by atoms with Crippen molar-refractivity contribution in [3.8, 4) is 23.2 Å². The van der Waals surface area contributed by atoms with Crippen LogP contribution < -0.4 is 31.0 Å². The monoisotopic (exact) mass is 536 g/mol. The molecule has 0 radical (unpaired) electrons. The third-order valence-electron chi connectivity index (χ3n) is 5.34. The van der Waals surface area contributed by atoms with Gasteiger partial charge in [-0.15, -0.1) is 9.78 Å². The summed E-state index contributed by atoms with van der Waals surface area (Å²) in [5, 5.41) is 15.4. The van der Waals surface area contributed by atoms with E-state index in [-0.39, 0.29) is 41.3 Å². The zero-order chi connectivity index (χ0) is 27.9. The summed E-state index contributed by atoms with van der Waals surface area (Å²) in [6.45, 7) is 0.338. The SMILES string of the molecule is COc1ccc([C@H](Nc2ccc(C(=N)N)c(OC(C)=O)c2)c2nn(-c3ncccn3)c(=O)[nH]2)cc1OCCF.